The summed E-state index contributed by atoms with van der Waals surface area (Å²) in [5, 5.41) is 0.0300. The summed E-state index contributed by atoms with van der Waals surface area (Å²) in [4.78, 5) is 27.2. The van der Waals surface area contributed by atoms with Crippen LogP contribution in [0.2, 0.25) is 18.1 Å². The Morgan fingerprint density at radius 2 is 1.68 bits per heavy atom. The molecule has 0 saturated carbocycles. The molecule has 1 aliphatic heterocycles. The van der Waals surface area contributed by atoms with Crippen molar-refractivity contribution >= 4 is 20.2 Å². The smallest absolute Gasteiger partial charge is 0.411 e. The lowest BCUT2D eigenvalue weighted by molar-refractivity contribution is -0.118. The van der Waals surface area contributed by atoms with E-state index in [0.717, 1.165) is 11.3 Å². The summed E-state index contributed by atoms with van der Waals surface area (Å²) in [6.07, 6.45) is 1.29. The van der Waals surface area contributed by atoms with Crippen molar-refractivity contribution < 1.29 is 28.2 Å². The van der Waals surface area contributed by atoms with Crippen LogP contribution in [0.5, 0.6) is 5.75 Å². The molecule has 0 fully saturated rings. The van der Waals surface area contributed by atoms with E-state index in [2.05, 4.69) is 33.9 Å². The van der Waals surface area contributed by atoms with E-state index in [4.69, 9.17) is 18.6 Å². The Morgan fingerprint density at radius 1 is 1.06 bits per heavy atom. The van der Waals surface area contributed by atoms with Gasteiger partial charge in [-0.2, -0.15) is 0 Å². The quantitative estimate of drug-likeness (QED) is 0.457. The Balaban J connectivity index is 2.15. The second-order valence-corrected chi connectivity index (χ2v) is 16.0. The van der Waals surface area contributed by atoms with Gasteiger partial charge in [-0.15, -0.1) is 0 Å². The number of carbonyl (C=O) groups is 2. The van der Waals surface area contributed by atoms with E-state index < -0.39 is 26.1 Å². The van der Waals surface area contributed by atoms with Crippen molar-refractivity contribution in [3.63, 3.8) is 0 Å². The molecule has 8 heteroatoms. The highest BCUT2D eigenvalue weighted by atomic mass is 28.4. The van der Waals surface area contributed by atoms with Gasteiger partial charge in [0, 0.05) is 5.57 Å². The summed E-state index contributed by atoms with van der Waals surface area (Å²) >= 11 is 0. The van der Waals surface area contributed by atoms with Crippen molar-refractivity contribution in [2.75, 3.05) is 26.9 Å². The average molecular weight is 492 g/mol. The van der Waals surface area contributed by atoms with Crippen LogP contribution < -0.4 is 4.74 Å². The number of ketones is 1. The van der Waals surface area contributed by atoms with Crippen LogP contribution in [-0.4, -0.2) is 63.6 Å². The number of ether oxygens (including phenoxy) is 3. The average Bonchev–Trinajstić information content (AvgIpc) is 2.72. The van der Waals surface area contributed by atoms with Gasteiger partial charge in [0.05, 0.1) is 39.5 Å². The number of nitrogens with zero attached hydrogens (tertiary/aromatic N) is 1. The first-order valence-corrected chi connectivity index (χ1v) is 14.6. The highest BCUT2D eigenvalue weighted by Gasteiger charge is 2.40. The topological polar surface area (TPSA) is 74.3 Å². The fourth-order valence-corrected chi connectivity index (χ4v) is 4.11. The monoisotopic (exact) mass is 491 g/mol. The molecule has 1 amide bonds. The third-order valence-electron chi connectivity index (χ3n) is 6.20. The normalized spacial score (nSPS) is 17.4. The Bertz CT molecular complexity index is 880. The molecule has 190 valence electrons. The minimum atomic E-state index is -2.05. The predicted molar refractivity (Wildman–Crippen MR) is 136 cm³/mol. The molecule has 1 aromatic rings. The molecular weight excluding hydrogens is 450 g/mol. The van der Waals surface area contributed by atoms with Gasteiger partial charge < -0.3 is 18.6 Å². The zero-order valence-corrected chi connectivity index (χ0v) is 23.2. The number of carbonyl (C=O) groups excluding carboxylic acids is 2. The van der Waals surface area contributed by atoms with E-state index in [9.17, 15) is 9.59 Å². The van der Waals surface area contributed by atoms with Crippen LogP contribution in [0.3, 0.4) is 0 Å². The van der Waals surface area contributed by atoms with Crippen molar-refractivity contribution in [2.24, 2.45) is 0 Å². The number of Topliss-reactive ketones (excluding diaryl/α,β-unsaturated/α-hetero) is 1. The van der Waals surface area contributed by atoms with E-state index in [1.807, 2.05) is 45.0 Å². The van der Waals surface area contributed by atoms with Crippen LogP contribution in [-0.2, 0) is 25.3 Å². The lowest BCUT2D eigenvalue weighted by atomic mass is 10.0. The molecule has 34 heavy (non-hydrogen) atoms. The molecule has 1 aliphatic rings. The van der Waals surface area contributed by atoms with E-state index in [1.54, 1.807) is 13.2 Å². The summed E-state index contributed by atoms with van der Waals surface area (Å²) in [6, 6.07) is 7.19. The molecule has 0 N–H and O–H groups in total. The Morgan fingerprint density at radius 3 is 2.21 bits per heavy atom. The van der Waals surface area contributed by atoms with Gasteiger partial charge in [0.1, 0.15) is 11.4 Å². The molecule has 2 rings (SSSR count). The fraction of sp³-hybridized carbons (Fsp3) is 0.615. The lowest BCUT2D eigenvalue weighted by Crippen LogP contribution is -2.52. The molecule has 1 aromatic carbocycles. The maximum Gasteiger partial charge on any atom is 0.411 e. The number of methoxy groups -OCH3 is 1. The molecule has 0 spiro atoms. The first kappa shape index (κ1) is 28.1. The number of benzene rings is 1. The van der Waals surface area contributed by atoms with Crippen LogP contribution in [0.15, 0.2) is 35.9 Å². The largest absolute Gasteiger partial charge is 0.497 e. The highest BCUT2D eigenvalue weighted by Crippen LogP contribution is 2.37. The van der Waals surface area contributed by atoms with Gasteiger partial charge in [-0.1, -0.05) is 39.0 Å². The Labute approximate surface area is 205 Å². The van der Waals surface area contributed by atoms with Crippen molar-refractivity contribution in [3.8, 4) is 5.75 Å². The van der Waals surface area contributed by atoms with Crippen molar-refractivity contribution in [1.29, 1.82) is 0 Å². The standard InChI is InChI=1S/C26H41NO6Si/c1-25(2,3)33-24(29)27-15-23(28)20(14-21(27)18-32-34(8,9)26(4,5)6)17-31-16-19-10-12-22(30-7)13-11-19/h10-14,21H,15-18H2,1-9H3. The zero-order valence-electron chi connectivity index (χ0n) is 22.2. The van der Waals surface area contributed by atoms with Crippen LogP contribution in [0, 0.1) is 0 Å². The number of hydrogen-bond acceptors (Lipinski definition) is 6. The molecule has 0 aliphatic carbocycles. The van der Waals surface area contributed by atoms with Crippen LogP contribution in [0.25, 0.3) is 0 Å². The van der Waals surface area contributed by atoms with E-state index in [1.165, 1.54) is 4.90 Å². The van der Waals surface area contributed by atoms with Gasteiger partial charge in [-0.05, 0) is 56.6 Å². The highest BCUT2D eigenvalue weighted by molar-refractivity contribution is 6.74. The van der Waals surface area contributed by atoms with Crippen molar-refractivity contribution in [3.05, 3.63) is 41.5 Å². The second kappa shape index (κ2) is 11.1. The first-order valence-electron chi connectivity index (χ1n) is 11.7. The van der Waals surface area contributed by atoms with Crippen LogP contribution in [0.1, 0.15) is 47.1 Å². The molecule has 1 unspecified atom stereocenters. The van der Waals surface area contributed by atoms with Gasteiger partial charge in [0.15, 0.2) is 14.1 Å². The van der Waals surface area contributed by atoms with Crippen molar-refractivity contribution in [2.45, 2.75) is 77.9 Å². The van der Waals surface area contributed by atoms with E-state index in [-0.39, 0.29) is 24.0 Å². The van der Waals surface area contributed by atoms with Crippen LogP contribution >= 0.6 is 0 Å². The molecular formula is C26H41NO6Si. The number of hydrogen-bond donors (Lipinski definition) is 0. The van der Waals surface area contributed by atoms with Gasteiger partial charge in [0.2, 0.25) is 0 Å². The SMILES string of the molecule is COc1ccc(COCC2=CC(CO[Si](C)(C)C(C)(C)C)N(C(=O)OC(C)(C)C)CC2=O)cc1. The Hall–Kier alpha value is -2.16. The van der Waals surface area contributed by atoms with E-state index in [0.29, 0.717) is 18.8 Å². The van der Waals surface area contributed by atoms with E-state index >= 15 is 0 Å². The third kappa shape index (κ3) is 7.96. The third-order valence-corrected chi connectivity index (χ3v) is 10.7. The summed E-state index contributed by atoms with van der Waals surface area (Å²) < 4.78 is 23.0. The predicted octanol–water partition coefficient (Wildman–Crippen LogP) is 5.35. The number of rotatable bonds is 8. The molecule has 0 aromatic heterocycles. The van der Waals surface area contributed by atoms with Crippen LogP contribution in [0.4, 0.5) is 4.79 Å². The zero-order chi connectivity index (χ0) is 25.7. The summed E-state index contributed by atoms with van der Waals surface area (Å²) in [7, 11) is -0.427. The summed E-state index contributed by atoms with van der Waals surface area (Å²) in [5.74, 6) is 0.630. The maximum absolute atomic E-state index is 12.9. The summed E-state index contributed by atoms with van der Waals surface area (Å²) in [6.45, 7) is 17.1. The Kier molecular flexibility index (Phi) is 9.13. The molecule has 7 nitrogen and oxygen atoms in total. The fourth-order valence-electron chi connectivity index (χ4n) is 3.09. The molecule has 0 radical (unpaired) electrons. The molecule has 1 atom stereocenters. The van der Waals surface area contributed by atoms with Gasteiger partial charge in [-0.25, -0.2) is 4.79 Å². The molecule has 0 saturated heterocycles. The second-order valence-electron chi connectivity index (χ2n) is 11.2. The lowest BCUT2D eigenvalue weighted by Gasteiger charge is -2.40. The summed E-state index contributed by atoms with van der Waals surface area (Å²) in [5.41, 5.74) is 0.881. The molecule has 0 bridgehead atoms. The first-order chi connectivity index (χ1) is 15.6. The van der Waals surface area contributed by atoms with Gasteiger partial charge in [0.25, 0.3) is 0 Å². The maximum atomic E-state index is 12.9. The minimum absolute atomic E-state index is 0.0300. The minimum Gasteiger partial charge on any atom is -0.497 e. The van der Waals surface area contributed by atoms with Gasteiger partial charge in [-0.3, -0.25) is 9.69 Å². The van der Waals surface area contributed by atoms with Gasteiger partial charge >= 0.3 is 6.09 Å². The molecule has 1 heterocycles. The number of amides is 1. The van der Waals surface area contributed by atoms with Crippen molar-refractivity contribution in [1.82, 2.24) is 4.90 Å².